The van der Waals surface area contributed by atoms with E-state index in [-0.39, 0.29) is 37.0 Å². The van der Waals surface area contributed by atoms with E-state index in [1.807, 2.05) is 0 Å². The fourth-order valence-electron chi connectivity index (χ4n) is 2.38. The molecule has 2 aromatic carbocycles. The maximum atomic E-state index is 13.3. The Hall–Kier alpha value is -3.11. The molecule has 0 radical (unpaired) electrons. The highest BCUT2D eigenvalue weighted by Gasteiger charge is 2.16. The summed E-state index contributed by atoms with van der Waals surface area (Å²) in [5, 5.41) is 30.1. The van der Waals surface area contributed by atoms with Gasteiger partial charge in [-0.15, -0.1) is 0 Å². The number of aliphatic hydroxyl groups is 2. The van der Waals surface area contributed by atoms with Gasteiger partial charge in [0.05, 0.1) is 30.0 Å². The highest BCUT2D eigenvalue weighted by Crippen LogP contribution is 2.26. The Labute approximate surface area is 152 Å². The van der Waals surface area contributed by atoms with Gasteiger partial charge in [-0.3, -0.25) is 10.1 Å². The maximum absolute atomic E-state index is 13.3. The van der Waals surface area contributed by atoms with Gasteiger partial charge in [-0.25, -0.2) is 13.8 Å². The second-order valence-electron chi connectivity index (χ2n) is 5.31. The number of benzene rings is 2. The number of nitro benzene ring substituents is 1. The molecular weight excluding hydrogens is 362 g/mol. The zero-order valence-electron chi connectivity index (χ0n) is 14.2. The van der Waals surface area contributed by atoms with E-state index in [4.69, 9.17) is 10.2 Å². The van der Waals surface area contributed by atoms with E-state index in [1.165, 1.54) is 24.5 Å². The Bertz CT molecular complexity index is 917. The third-order valence-corrected chi connectivity index (χ3v) is 3.53. The molecule has 0 bridgehead atoms. The first kappa shape index (κ1) is 20.2. The number of rotatable bonds is 6. The third-order valence-electron chi connectivity index (χ3n) is 3.53. The van der Waals surface area contributed by atoms with Crippen LogP contribution in [0.3, 0.4) is 0 Å². The molecule has 10 heteroatoms. The molecule has 0 aliphatic rings. The number of hydrogen-bond donors (Lipinski definition) is 3. The summed E-state index contributed by atoms with van der Waals surface area (Å²) in [5.41, 5.74) is 0.551. The molecule has 1 heterocycles. The molecule has 8 nitrogen and oxygen atoms in total. The number of hydrogen-bond acceptors (Lipinski definition) is 6. The predicted molar refractivity (Wildman–Crippen MR) is 95.4 cm³/mol. The number of fused-ring (bicyclic) bond motifs is 1. The topological polar surface area (TPSA) is 113 Å². The van der Waals surface area contributed by atoms with Gasteiger partial charge in [0.1, 0.15) is 17.0 Å². The number of halogens is 2. The maximum Gasteiger partial charge on any atom is 0.295 e. The van der Waals surface area contributed by atoms with Gasteiger partial charge in [-0.05, 0) is 18.2 Å². The van der Waals surface area contributed by atoms with Crippen molar-refractivity contribution in [2.75, 3.05) is 25.1 Å². The second-order valence-corrected chi connectivity index (χ2v) is 5.31. The Kier molecular flexibility index (Phi) is 7.15. The quantitative estimate of drug-likeness (QED) is 0.447. The molecule has 3 rings (SSSR count). The number of nitro groups is 1. The van der Waals surface area contributed by atoms with Crippen molar-refractivity contribution in [3.8, 4) is 0 Å². The molecule has 0 spiro atoms. The van der Waals surface area contributed by atoms with Crippen LogP contribution in [-0.4, -0.2) is 44.4 Å². The molecule has 0 saturated carbocycles. The molecule has 0 amide bonds. The minimum absolute atomic E-state index is 0.0141. The molecule has 0 atom stereocenters. The first-order valence-electron chi connectivity index (χ1n) is 7.97. The number of aliphatic hydroxyl groups excluding tert-OH is 2. The van der Waals surface area contributed by atoms with Crippen LogP contribution in [0.4, 0.5) is 20.2 Å². The number of nitrogens with zero attached hydrogens (tertiary/aromatic N) is 3. The molecular formula is C17H18F2N4O4. The standard InChI is InChI=1S/C9H9FN2O.C8H9FN2O3/c10-7-2-1-3-8-9(7)12(4-5-13)6-11-8;9-6-2-1-3-7(11(13)14)8(6)10-4-5-12/h1-3,6,13H,4-5H2;1-3,10,12H,4-5H2. The highest BCUT2D eigenvalue weighted by atomic mass is 19.1. The molecule has 0 unspecified atom stereocenters. The van der Waals surface area contributed by atoms with Gasteiger partial charge < -0.3 is 20.1 Å². The average Bonchev–Trinajstić information content (AvgIpc) is 3.06. The zero-order chi connectivity index (χ0) is 19.8. The van der Waals surface area contributed by atoms with Gasteiger partial charge in [0.25, 0.3) is 5.69 Å². The summed E-state index contributed by atoms with van der Waals surface area (Å²) >= 11 is 0. The van der Waals surface area contributed by atoms with E-state index < -0.39 is 10.7 Å². The molecule has 0 saturated heterocycles. The Morgan fingerprint density at radius 2 is 1.81 bits per heavy atom. The van der Waals surface area contributed by atoms with Crippen molar-refractivity contribution < 1.29 is 23.9 Å². The van der Waals surface area contributed by atoms with E-state index in [2.05, 4.69) is 10.3 Å². The number of para-hydroxylation sites is 2. The normalized spacial score (nSPS) is 10.4. The fourth-order valence-corrected chi connectivity index (χ4v) is 2.38. The van der Waals surface area contributed by atoms with Crippen LogP contribution in [0.25, 0.3) is 11.0 Å². The summed E-state index contributed by atoms with van der Waals surface area (Å²) in [7, 11) is 0. The van der Waals surface area contributed by atoms with Crippen molar-refractivity contribution in [2.24, 2.45) is 0 Å². The van der Waals surface area contributed by atoms with E-state index in [1.54, 1.807) is 16.7 Å². The molecule has 0 aliphatic heterocycles. The van der Waals surface area contributed by atoms with Crippen molar-refractivity contribution in [2.45, 2.75) is 6.54 Å². The summed E-state index contributed by atoms with van der Waals surface area (Å²) in [6.07, 6.45) is 1.53. The van der Waals surface area contributed by atoms with Gasteiger partial charge in [0.2, 0.25) is 0 Å². The lowest BCUT2D eigenvalue weighted by molar-refractivity contribution is -0.384. The van der Waals surface area contributed by atoms with Gasteiger partial charge in [0, 0.05) is 19.2 Å². The Morgan fingerprint density at radius 1 is 1.11 bits per heavy atom. The lowest BCUT2D eigenvalue weighted by Crippen LogP contribution is -2.09. The Balaban J connectivity index is 0.000000194. The minimum atomic E-state index is -0.701. The molecule has 1 aromatic heterocycles. The van der Waals surface area contributed by atoms with Gasteiger partial charge in [-0.1, -0.05) is 12.1 Å². The molecule has 3 aromatic rings. The largest absolute Gasteiger partial charge is 0.395 e. The summed E-state index contributed by atoms with van der Waals surface area (Å²) in [4.78, 5) is 13.8. The molecule has 144 valence electrons. The molecule has 27 heavy (non-hydrogen) atoms. The van der Waals surface area contributed by atoms with Gasteiger partial charge in [0.15, 0.2) is 5.82 Å². The zero-order valence-corrected chi connectivity index (χ0v) is 14.2. The Morgan fingerprint density at radius 3 is 2.48 bits per heavy atom. The van der Waals surface area contributed by atoms with Crippen molar-refractivity contribution in [1.82, 2.24) is 9.55 Å². The van der Waals surface area contributed by atoms with Gasteiger partial charge >= 0.3 is 0 Å². The van der Waals surface area contributed by atoms with Crippen LogP contribution in [0, 0.1) is 21.7 Å². The number of anilines is 1. The van der Waals surface area contributed by atoms with Crippen LogP contribution >= 0.6 is 0 Å². The SMILES string of the molecule is O=[N+]([O-])c1cccc(F)c1NCCO.OCCn1cnc2cccc(F)c21. The van der Waals surface area contributed by atoms with E-state index >= 15 is 0 Å². The van der Waals surface area contributed by atoms with Crippen LogP contribution < -0.4 is 5.32 Å². The van der Waals surface area contributed by atoms with E-state index in [0.29, 0.717) is 17.6 Å². The first-order valence-corrected chi connectivity index (χ1v) is 7.97. The highest BCUT2D eigenvalue weighted by molar-refractivity contribution is 5.75. The van der Waals surface area contributed by atoms with Crippen LogP contribution in [0.2, 0.25) is 0 Å². The van der Waals surface area contributed by atoms with E-state index in [0.717, 1.165) is 6.07 Å². The summed E-state index contributed by atoms with van der Waals surface area (Å²) in [5.74, 6) is -1.00. The summed E-state index contributed by atoms with van der Waals surface area (Å²) in [6, 6.07) is 8.32. The lowest BCUT2D eigenvalue weighted by Gasteiger charge is -2.05. The van der Waals surface area contributed by atoms with Crippen molar-refractivity contribution >= 4 is 22.4 Å². The smallest absolute Gasteiger partial charge is 0.295 e. The summed E-state index contributed by atoms with van der Waals surface area (Å²) in [6.45, 7) is 0.213. The lowest BCUT2D eigenvalue weighted by atomic mass is 10.2. The van der Waals surface area contributed by atoms with Crippen LogP contribution in [-0.2, 0) is 6.54 Å². The van der Waals surface area contributed by atoms with Crippen LogP contribution in [0.15, 0.2) is 42.7 Å². The predicted octanol–water partition coefficient (Wildman–Crippen LogP) is 2.31. The minimum Gasteiger partial charge on any atom is -0.395 e. The first-order chi connectivity index (χ1) is 13.0. The van der Waals surface area contributed by atoms with Crippen molar-refractivity contribution in [3.63, 3.8) is 0 Å². The van der Waals surface area contributed by atoms with Crippen molar-refractivity contribution in [3.05, 3.63) is 64.5 Å². The third kappa shape index (κ3) is 4.96. The second kappa shape index (κ2) is 9.55. The molecule has 3 N–H and O–H groups in total. The number of imidazole rings is 1. The monoisotopic (exact) mass is 380 g/mol. The molecule has 0 aliphatic carbocycles. The van der Waals surface area contributed by atoms with Crippen LogP contribution in [0.5, 0.6) is 0 Å². The summed E-state index contributed by atoms with van der Waals surface area (Å²) < 4.78 is 27.9. The number of aromatic nitrogens is 2. The number of nitrogens with one attached hydrogen (secondary N) is 1. The molecule has 0 fully saturated rings. The van der Waals surface area contributed by atoms with Crippen LogP contribution in [0.1, 0.15) is 0 Å². The average molecular weight is 380 g/mol. The fraction of sp³-hybridized carbons (Fsp3) is 0.235. The van der Waals surface area contributed by atoms with E-state index in [9.17, 15) is 18.9 Å². The van der Waals surface area contributed by atoms with Gasteiger partial charge in [-0.2, -0.15) is 0 Å². The van der Waals surface area contributed by atoms with Crippen molar-refractivity contribution in [1.29, 1.82) is 0 Å².